The summed E-state index contributed by atoms with van der Waals surface area (Å²) in [6.45, 7) is 2.22. The molecule has 0 atom stereocenters. The zero-order valence-corrected chi connectivity index (χ0v) is 11.8. The standard InChI is InChI=1S/C16H17FN2O2/c1-10-2-6-13(21-10)9-19(12-4-5-12)16(20)14-7-3-11(18)8-15(14)17/h2-3,6-8,12H,4-5,9,18H2,1H3. The van der Waals surface area contributed by atoms with Crippen molar-refractivity contribution in [2.24, 2.45) is 0 Å². The fourth-order valence-electron chi connectivity index (χ4n) is 2.35. The summed E-state index contributed by atoms with van der Waals surface area (Å²) in [6, 6.07) is 8.02. The van der Waals surface area contributed by atoms with E-state index < -0.39 is 5.82 Å². The first-order chi connectivity index (χ1) is 10.0. The van der Waals surface area contributed by atoms with Crippen LogP contribution in [-0.4, -0.2) is 16.8 Å². The number of furan rings is 1. The Bertz CT molecular complexity index is 677. The summed E-state index contributed by atoms with van der Waals surface area (Å²) < 4.78 is 19.5. The number of anilines is 1. The van der Waals surface area contributed by atoms with Gasteiger partial charge in [-0.2, -0.15) is 0 Å². The number of aryl methyl sites for hydroxylation is 1. The van der Waals surface area contributed by atoms with Crippen LogP contribution in [0, 0.1) is 12.7 Å². The number of carbonyl (C=O) groups is 1. The summed E-state index contributed by atoms with van der Waals surface area (Å²) in [6.07, 6.45) is 1.89. The Morgan fingerprint density at radius 3 is 2.71 bits per heavy atom. The molecule has 0 unspecified atom stereocenters. The Hall–Kier alpha value is -2.30. The molecule has 3 rings (SSSR count). The highest BCUT2D eigenvalue weighted by Crippen LogP contribution is 2.30. The van der Waals surface area contributed by atoms with Crippen molar-refractivity contribution in [1.82, 2.24) is 4.90 Å². The second-order valence-corrected chi connectivity index (χ2v) is 5.42. The van der Waals surface area contributed by atoms with E-state index in [4.69, 9.17) is 10.2 Å². The minimum absolute atomic E-state index is 0.0550. The molecule has 0 bridgehead atoms. The van der Waals surface area contributed by atoms with Crippen molar-refractivity contribution in [2.75, 3.05) is 5.73 Å². The first kappa shape index (κ1) is 13.7. The zero-order valence-electron chi connectivity index (χ0n) is 11.8. The van der Waals surface area contributed by atoms with Crippen LogP contribution in [0.1, 0.15) is 34.7 Å². The number of nitrogens with two attached hydrogens (primary N) is 1. The van der Waals surface area contributed by atoms with Gasteiger partial charge in [-0.25, -0.2) is 4.39 Å². The van der Waals surface area contributed by atoms with Gasteiger partial charge in [-0.05, 0) is 50.1 Å². The van der Waals surface area contributed by atoms with Crippen LogP contribution >= 0.6 is 0 Å². The lowest BCUT2D eigenvalue weighted by atomic mass is 10.1. The molecule has 1 aromatic heterocycles. The van der Waals surface area contributed by atoms with E-state index in [0.717, 1.165) is 18.6 Å². The lowest BCUT2D eigenvalue weighted by Crippen LogP contribution is -2.33. The van der Waals surface area contributed by atoms with E-state index in [9.17, 15) is 9.18 Å². The van der Waals surface area contributed by atoms with Crippen molar-refractivity contribution >= 4 is 11.6 Å². The molecule has 0 spiro atoms. The molecule has 1 amide bonds. The Balaban J connectivity index is 1.85. The van der Waals surface area contributed by atoms with Gasteiger partial charge in [-0.1, -0.05) is 0 Å². The SMILES string of the molecule is Cc1ccc(CN(C(=O)c2ccc(N)cc2F)C2CC2)o1. The maximum Gasteiger partial charge on any atom is 0.257 e. The molecular weight excluding hydrogens is 271 g/mol. The highest BCUT2D eigenvalue weighted by atomic mass is 19.1. The Kier molecular flexibility index (Phi) is 3.41. The summed E-state index contributed by atoms with van der Waals surface area (Å²) in [4.78, 5) is 14.2. The predicted octanol–water partition coefficient (Wildman–Crippen LogP) is 3.11. The molecule has 0 aliphatic heterocycles. The van der Waals surface area contributed by atoms with Crippen molar-refractivity contribution in [3.05, 3.63) is 53.2 Å². The molecule has 2 N–H and O–H groups in total. The third-order valence-corrected chi connectivity index (χ3v) is 3.59. The molecule has 1 aliphatic rings. The average Bonchev–Trinajstić information content (AvgIpc) is 3.19. The van der Waals surface area contributed by atoms with Gasteiger partial charge >= 0.3 is 0 Å². The molecule has 1 heterocycles. The van der Waals surface area contributed by atoms with E-state index in [2.05, 4.69) is 0 Å². The summed E-state index contributed by atoms with van der Waals surface area (Å²) in [5, 5.41) is 0. The molecule has 5 heteroatoms. The number of amides is 1. The molecule has 1 fully saturated rings. The molecule has 2 aromatic rings. The molecule has 21 heavy (non-hydrogen) atoms. The van der Waals surface area contributed by atoms with Gasteiger partial charge in [0.15, 0.2) is 0 Å². The van der Waals surface area contributed by atoms with Gasteiger partial charge < -0.3 is 15.1 Å². The number of halogens is 1. The lowest BCUT2D eigenvalue weighted by molar-refractivity contribution is 0.0712. The van der Waals surface area contributed by atoms with Crippen LogP contribution < -0.4 is 5.73 Å². The van der Waals surface area contributed by atoms with Crippen LogP contribution in [0.2, 0.25) is 0 Å². The van der Waals surface area contributed by atoms with Gasteiger partial charge in [0, 0.05) is 11.7 Å². The normalized spacial score (nSPS) is 14.2. The second kappa shape index (κ2) is 5.24. The van der Waals surface area contributed by atoms with Crippen molar-refractivity contribution in [1.29, 1.82) is 0 Å². The third-order valence-electron chi connectivity index (χ3n) is 3.59. The molecule has 110 valence electrons. The smallest absolute Gasteiger partial charge is 0.257 e. The van der Waals surface area contributed by atoms with Gasteiger partial charge in [0.2, 0.25) is 0 Å². The number of hydrogen-bond donors (Lipinski definition) is 1. The molecule has 1 aliphatic carbocycles. The van der Waals surface area contributed by atoms with Gasteiger partial charge in [-0.3, -0.25) is 4.79 Å². The molecule has 0 radical (unpaired) electrons. The molecule has 1 aromatic carbocycles. The zero-order chi connectivity index (χ0) is 15.0. The molecule has 1 saturated carbocycles. The van der Waals surface area contributed by atoms with E-state index in [1.54, 1.807) is 11.0 Å². The Morgan fingerprint density at radius 2 is 2.14 bits per heavy atom. The summed E-state index contributed by atoms with van der Waals surface area (Å²) in [5.41, 5.74) is 5.89. The maximum atomic E-state index is 13.9. The molecular formula is C16H17FN2O2. The summed E-state index contributed by atoms with van der Waals surface area (Å²) in [5.74, 6) is 0.612. The monoisotopic (exact) mass is 288 g/mol. The van der Waals surface area contributed by atoms with E-state index in [1.165, 1.54) is 12.1 Å². The lowest BCUT2D eigenvalue weighted by Gasteiger charge is -2.21. The number of carbonyl (C=O) groups excluding carboxylic acids is 1. The molecule has 0 saturated heterocycles. The van der Waals surface area contributed by atoms with Gasteiger partial charge in [0.05, 0.1) is 12.1 Å². The average molecular weight is 288 g/mol. The Labute approximate surface area is 122 Å². The van der Waals surface area contributed by atoms with Crippen molar-refractivity contribution in [3.63, 3.8) is 0 Å². The van der Waals surface area contributed by atoms with Crippen LogP contribution in [0.3, 0.4) is 0 Å². The topological polar surface area (TPSA) is 59.5 Å². The van der Waals surface area contributed by atoms with Crippen molar-refractivity contribution < 1.29 is 13.6 Å². The highest BCUT2D eigenvalue weighted by Gasteiger charge is 2.34. The summed E-state index contributed by atoms with van der Waals surface area (Å²) >= 11 is 0. The first-order valence-corrected chi connectivity index (χ1v) is 6.96. The number of nitrogens with zero attached hydrogens (tertiary/aromatic N) is 1. The van der Waals surface area contributed by atoms with E-state index in [1.807, 2.05) is 19.1 Å². The Morgan fingerprint density at radius 1 is 1.38 bits per heavy atom. The van der Waals surface area contributed by atoms with Crippen LogP contribution in [0.25, 0.3) is 0 Å². The maximum absolute atomic E-state index is 13.9. The van der Waals surface area contributed by atoms with Gasteiger partial charge in [0.1, 0.15) is 17.3 Å². The second-order valence-electron chi connectivity index (χ2n) is 5.42. The quantitative estimate of drug-likeness (QED) is 0.879. The van der Waals surface area contributed by atoms with Crippen LogP contribution in [0.4, 0.5) is 10.1 Å². The van der Waals surface area contributed by atoms with Crippen LogP contribution in [-0.2, 0) is 6.54 Å². The number of rotatable bonds is 4. The number of hydrogen-bond acceptors (Lipinski definition) is 3. The predicted molar refractivity (Wildman–Crippen MR) is 77.2 cm³/mol. The van der Waals surface area contributed by atoms with Crippen molar-refractivity contribution in [2.45, 2.75) is 32.4 Å². The van der Waals surface area contributed by atoms with Gasteiger partial charge in [0.25, 0.3) is 5.91 Å². The van der Waals surface area contributed by atoms with Crippen LogP contribution in [0.15, 0.2) is 34.7 Å². The number of nitrogen functional groups attached to an aromatic ring is 1. The number of benzene rings is 1. The first-order valence-electron chi connectivity index (χ1n) is 6.96. The van der Waals surface area contributed by atoms with E-state index in [-0.39, 0.29) is 17.5 Å². The van der Waals surface area contributed by atoms with Crippen molar-refractivity contribution in [3.8, 4) is 0 Å². The molecule has 4 nitrogen and oxygen atoms in total. The third kappa shape index (κ3) is 2.91. The fraction of sp³-hybridized carbons (Fsp3) is 0.312. The minimum Gasteiger partial charge on any atom is -0.464 e. The fourth-order valence-corrected chi connectivity index (χ4v) is 2.35. The largest absolute Gasteiger partial charge is 0.464 e. The van der Waals surface area contributed by atoms with Gasteiger partial charge in [-0.15, -0.1) is 0 Å². The van der Waals surface area contributed by atoms with Crippen LogP contribution in [0.5, 0.6) is 0 Å². The summed E-state index contributed by atoms with van der Waals surface area (Å²) in [7, 11) is 0. The van der Waals surface area contributed by atoms with E-state index >= 15 is 0 Å². The van der Waals surface area contributed by atoms with E-state index in [0.29, 0.717) is 18.0 Å². The highest BCUT2D eigenvalue weighted by molar-refractivity contribution is 5.95. The minimum atomic E-state index is -0.582.